The quantitative estimate of drug-likeness (QED) is 0.669. The summed E-state index contributed by atoms with van der Waals surface area (Å²) in [5.41, 5.74) is 2.24. The molecule has 0 aliphatic heterocycles. The van der Waals surface area contributed by atoms with E-state index in [0.29, 0.717) is 11.1 Å². The molecule has 1 atom stereocenters. The molecule has 2 nitrogen and oxygen atoms in total. The Bertz CT molecular complexity index is 338. The highest BCUT2D eigenvalue weighted by atomic mass is 35.5. The van der Waals surface area contributed by atoms with Gasteiger partial charge in [-0.3, -0.25) is 0 Å². The molecule has 0 aliphatic carbocycles. The summed E-state index contributed by atoms with van der Waals surface area (Å²) in [6, 6.07) is 0. The number of rotatable bonds is 4. The number of hydrogen-bond donors (Lipinski definition) is 0. The lowest BCUT2D eigenvalue weighted by Crippen LogP contribution is -2.07. The van der Waals surface area contributed by atoms with Crippen LogP contribution in [0.1, 0.15) is 72.0 Å². The van der Waals surface area contributed by atoms with E-state index in [4.69, 9.17) is 11.6 Å². The monoisotopic (exact) mass is 286 g/mol. The zero-order chi connectivity index (χ0) is 15.4. The minimum absolute atomic E-state index is 0.628. The molecule has 0 aromatic carbocycles. The van der Waals surface area contributed by atoms with Crippen molar-refractivity contribution in [1.29, 1.82) is 0 Å². The average Bonchev–Trinajstić information content (AvgIpc) is 2.42. The highest BCUT2D eigenvalue weighted by Gasteiger charge is 2.12. The molecule has 0 bridgehead atoms. The van der Waals surface area contributed by atoms with Gasteiger partial charge in [-0.05, 0) is 25.7 Å². The van der Waals surface area contributed by atoms with Gasteiger partial charge in [-0.15, -0.1) is 0 Å². The average molecular weight is 287 g/mol. The van der Waals surface area contributed by atoms with Crippen LogP contribution in [0.25, 0.3) is 0 Å². The molecule has 1 unspecified atom stereocenters. The van der Waals surface area contributed by atoms with E-state index in [1.165, 1.54) is 6.42 Å². The highest BCUT2D eigenvalue weighted by Crippen LogP contribution is 2.20. The Balaban J connectivity index is 0. The second kappa shape index (κ2) is 12.4. The Hall–Kier alpha value is -0.630. The Morgan fingerprint density at radius 3 is 2.00 bits per heavy atom. The van der Waals surface area contributed by atoms with E-state index in [0.717, 1.165) is 29.9 Å². The fourth-order valence-corrected chi connectivity index (χ4v) is 1.97. The van der Waals surface area contributed by atoms with Crippen molar-refractivity contribution in [2.24, 2.45) is 5.92 Å². The van der Waals surface area contributed by atoms with E-state index in [-0.39, 0.29) is 0 Å². The molecule has 1 aromatic heterocycles. The van der Waals surface area contributed by atoms with Crippen LogP contribution in [0.4, 0.5) is 0 Å². The third-order valence-electron chi connectivity index (χ3n) is 2.75. The van der Waals surface area contributed by atoms with Crippen LogP contribution >= 0.6 is 11.6 Å². The molecule has 0 aliphatic rings. The first kappa shape index (κ1) is 20.7. The van der Waals surface area contributed by atoms with Crippen molar-refractivity contribution in [3.63, 3.8) is 0 Å². The van der Waals surface area contributed by atoms with Crippen LogP contribution in [0.3, 0.4) is 0 Å². The van der Waals surface area contributed by atoms with Gasteiger partial charge < -0.3 is 0 Å². The van der Waals surface area contributed by atoms with Crippen molar-refractivity contribution < 1.29 is 0 Å². The predicted molar refractivity (Wildman–Crippen MR) is 87.0 cm³/mol. The lowest BCUT2D eigenvalue weighted by Gasteiger charge is -2.12. The second-order valence-corrected chi connectivity index (χ2v) is 4.42. The predicted octanol–water partition coefficient (Wildman–Crippen LogP) is 5.64. The first-order valence-electron chi connectivity index (χ1n) is 7.60. The molecular formula is C16H31ClN2. The van der Waals surface area contributed by atoms with E-state index >= 15 is 0 Å². The molecule has 0 fully saturated rings. The third-order valence-corrected chi connectivity index (χ3v) is 3.06. The zero-order valence-electron chi connectivity index (χ0n) is 14.0. The molecule has 0 saturated carbocycles. The lowest BCUT2D eigenvalue weighted by atomic mass is 9.99. The Labute approximate surface area is 125 Å². The Kier molecular flexibility index (Phi) is 13.5. The first-order valence-corrected chi connectivity index (χ1v) is 7.98. The molecule has 1 rings (SSSR count). The van der Waals surface area contributed by atoms with Crippen molar-refractivity contribution in [1.82, 2.24) is 9.97 Å². The minimum atomic E-state index is 0.628. The fraction of sp³-hybridized carbons (Fsp3) is 0.750. The van der Waals surface area contributed by atoms with Gasteiger partial charge in [0.25, 0.3) is 0 Å². The van der Waals surface area contributed by atoms with E-state index in [9.17, 15) is 0 Å². The summed E-state index contributed by atoms with van der Waals surface area (Å²) in [5.74, 6) is 1.43. The molecule has 1 heterocycles. The van der Waals surface area contributed by atoms with Gasteiger partial charge in [0.1, 0.15) is 11.0 Å². The highest BCUT2D eigenvalue weighted by molar-refractivity contribution is 6.30. The van der Waals surface area contributed by atoms with Gasteiger partial charge >= 0.3 is 0 Å². The molecule has 0 saturated heterocycles. The van der Waals surface area contributed by atoms with Gasteiger partial charge in [-0.1, -0.05) is 66.5 Å². The summed E-state index contributed by atoms with van der Waals surface area (Å²) < 4.78 is 0. The van der Waals surface area contributed by atoms with Crippen LogP contribution in [0.5, 0.6) is 0 Å². The van der Waals surface area contributed by atoms with Crippen molar-refractivity contribution in [3.8, 4) is 0 Å². The van der Waals surface area contributed by atoms with Gasteiger partial charge in [0, 0.05) is 11.3 Å². The van der Waals surface area contributed by atoms with Crippen LogP contribution in [-0.4, -0.2) is 9.97 Å². The van der Waals surface area contributed by atoms with Crippen molar-refractivity contribution in [2.45, 2.75) is 74.7 Å². The van der Waals surface area contributed by atoms with Crippen LogP contribution in [0.15, 0.2) is 0 Å². The van der Waals surface area contributed by atoms with Crippen LogP contribution in [-0.2, 0) is 12.8 Å². The van der Waals surface area contributed by atoms with Crippen molar-refractivity contribution >= 4 is 11.6 Å². The summed E-state index contributed by atoms with van der Waals surface area (Å²) in [6.07, 6.45) is 3.08. The Morgan fingerprint density at radius 2 is 1.58 bits per heavy atom. The minimum Gasteiger partial charge on any atom is -0.238 e. The maximum Gasteiger partial charge on any atom is 0.136 e. The molecule has 3 heteroatoms. The molecule has 112 valence electrons. The number of aryl methyl sites for hydroxylation is 1. The molecule has 0 radical (unpaired) electrons. The summed E-state index contributed by atoms with van der Waals surface area (Å²) in [7, 11) is 0. The maximum atomic E-state index is 6.11. The molecule has 0 amide bonds. The summed E-state index contributed by atoms with van der Waals surface area (Å²) in [6.45, 7) is 16.4. The summed E-state index contributed by atoms with van der Waals surface area (Å²) in [4.78, 5) is 8.69. The number of nitrogens with zero attached hydrogens (tertiary/aromatic N) is 2. The zero-order valence-corrected chi connectivity index (χ0v) is 14.7. The summed E-state index contributed by atoms with van der Waals surface area (Å²) in [5, 5.41) is 0.628. The van der Waals surface area contributed by atoms with Crippen LogP contribution in [0, 0.1) is 12.8 Å². The number of aromatic nitrogens is 2. The largest absolute Gasteiger partial charge is 0.238 e. The smallest absolute Gasteiger partial charge is 0.136 e. The van der Waals surface area contributed by atoms with Crippen molar-refractivity contribution in [2.75, 3.05) is 0 Å². The molecule has 0 spiro atoms. The standard InChI is InChI=1S/C12H19ClN2.2C2H6/c1-5-8(3)7-11-10(6-2)12(13)15-9(4)14-11;2*1-2/h8H,5-7H2,1-4H3;2*1-2H3. The fourth-order valence-electron chi connectivity index (χ4n) is 1.61. The van der Waals surface area contributed by atoms with Gasteiger partial charge in [0.2, 0.25) is 0 Å². The summed E-state index contributed by atoms with van der Waals surface area (Å²) >= 11 is 6.11. The normalized spacial score (nSPS) is 10.8. The van der Waals surface area contributed by atoms with Gasteiger partial charge in [0.05, 0.1) is 0 Å². The first-order chi connectivity index (χ1) is 9.08. The topological polar surface area (TPSA) is 25.8 Å². The lowest BCUT2D eigenvalue weighted by molar-refractivity contribution is 0.548. The van der Waals surface area contributed by atoms with Gasteiger partial charge in [0.15, 0.2) is 0 Å². The SMILES string of the molecule is CC.CC.CCc1c(Cl)nc(C)nc1CC(C)CC. The Morgan fingerprint density at radius 1 is 1.05 bits per heavy atom. The second-order valence-electron chi connectivity index (χ2n) is 4.06. The molecule has 0 N–H and O–H groups in total. The van der Waals surface area contributed by atoms with Gasteiger partial charge in [-0.2, -0.15) is 0 Å². The number of hydrogen-bond acceptors (Lipinski definition) is 2. The van der Waals surface area contributed by atoms with E-state index in [1.54, 1.807) is 0 Å². The van der Waals surface area contributed by atoms with Crippen molar-refractivity contribution in [3.05, 3.63) is 22.2 Å². The number of halogens is 1. The maximum absolute atomic E-state index is 6.11. The van der Waals surface area contributed by atoms with Crippen LogP contribution < -0.4 is 0 Å². The van der Waals surface area contributed by atoms with Gasteiger partial charge in [-0.25, -0.2) is 9.97 Å². The third kappa shape index (κ3) is 7.51. The van der Waals surface area contributed by atoms with E-state index in [2.05, 4.69) is 30.7 Å². The van der Waals surface area contributed by atoms with E-state index < -0.39 is 0 Å². The van der Waals surface area contributed by atoms with E-state index in [1.807, 2.05) is 34.6 Å². The molecule has 19 heavy (non-hydrogen) atoms. The molecular weight excluding hydrogens is 256 g/mol. The molecule has 1 aromatic rings. The van der Waals surface area contributed by atoms with Crippen LogP contribution in [0.2, 0.25) is 5.15 Å².